The first-order chi connectivity index (χ1) is 26.4. The summed E-state index contributed by atoms with van der Waals surface area (Å²) in [6.07, 6.45) is 2.91. The van der Waals surface area contributed by atoms with Crippen molar-refractivity contribution in [2.24, 2.45) is 0 Å². The highest BCUT2D eigenvalue weighted by molar-refractivity contribution is 7.10. The molecule has 1 N–H and O–H groups in total. The van der Waals surface area contributed by atoms with Gasteiger partial charge in [-0.3, -0.25) is 14.9 Å². The van der Waals surface area contributed by atoms with E-state index in [0.717, 1.165) is 16.0 Å². The number of carbonyl (C=O) groups is 3. The molecule has 4 heterocycles. The van der Waals surface area contributed by atoms with Gasteiger partial charge in [-0.05, 0) is 111 Å². The van der Waals surface area contributed by atoms with Gasteiger partial charge in [0.2, 0.25) is 0 Å². The second-order valence-corrected chi connectivity index (χ2v) is 15.6. The Morgan fingerprint density at radius 1 is 0.891 bits per heavy atom. The lowest BCUT2D eigenvalue weighted by molar-refractivity contribution is 0.0633. The maximum absolute atomic E-state index is 14.9. The maximum atomic E-state index is 14.9. The fraction of sp³-hybridized carbons (Fsp3) is 0.341. The number of halogens is 1. The Labute approximate surface area is 322 Å². The Kier molecular flexibility index (Phi) is 10.6. The topological polar surface area (TPSA) is 128 Å². The fourth-order valence-electron chi connectivity index (χ4n) is 7.18. The van der Waals surface area contributed by atoms with Crippen LogP contribution in [0.5, 0.6) is 11.5 Å². The van der Waals surface area contributed by atoms with Crippen molar-refractivity contribution < 1.29 is 33.0 Å². The summed E-state index contributed by atoms with van der Waals surface area (Å²) in [6.45, 7) is 6.71. The van der Waals surface area contributed by atoms with Gasteiger partial charge in [-0.25, -0.2) is 13.9 Å². The van der Waals surface area contributed by atoms with Crippen LogP contribution in [0.2, 0.25) is 0 Å². The van der Waals surface area contributed by atoms with Crippen LogP contribution in [-0.2, 0) is 11.2 Å². The van der Waals surface area contributed by atoms with Crippen molar-refractivity contribution in [1.29, 1.82) is 0 Å². The van der Waals surface area contributed by atoms with E-state index < -0.39 is 17.5 Å². The summed E-state index contributed by atoms with van der Waals surface area (Å²) in [7, 11) is 3.22. The number of amides is 3. The lowest BCUT2D eigenvalue weighted by Gasteiger charge is -2.37. The van der Waals surface area contributed by atoms with Crippen LogP contribution in [0.3, 0.4) is 0 Å². The third-order valence-corrected chi connectivity index (χ3v) is 10.8. The molecule has 0 spiro atoms. The van der Waals surface area contributed by atoms with E-state index in [0.29, 0.717) is 72.9 Å². The highest BCUT2D eigenvalue weighted by atomic mass is 32.1. The first-order valence-electron chi connectivity index (χ1n) is 18.1. The Morgan fingerprint density at radius 2 is 1.62 bits per heavy atom. The zero-order valence-corrected chi connectivity index (χ0v) is 32.2. The number of anilines is 1. The van der Waals surface area contributed by atoms with E-state index in [1.807, 2.05) is 34.5 Å². The number of hydrogen-bond donors (Lipinski definition) is 1. The Morgan fingerprint density at radius 3 is 2.31 bits per heavy atom. The maximum Gasteiger partial charge on any atom is 0.412 e. The monoisotopic (exact) mass is 766 g/mol. The molecule has 5 aromatic rings. The number of rotatable bonds is 8. The van der Waals surface area contributed by atoms with Gasteiger partial charge >= 0.3 is 6.09 Å². The fourth-order valence-corrected chi connectivity index (χ4v) is 8.04. The number of nitrogens with one attached hydrogen (secondary N) is 1. The predicted octanol–water partition coefficient (Wildman–Crippen LogP) is 7.78. The number of nitrogens with zero attached hydrogens (tertiary/aromatic N) is 5. The number of hydrogen-bond acceptors (Lipinski definition) is 9. The minimum absolute atomic E-state index is 0.0564. The molecule has 286 valence electrons. The first-order valence-corrected chi connectivity index (χ1v) is 19.0. The number of methoxy groups -OCH3 is 2. The van der Waals surface area contributed by atoms with E-state index >= 15 is 0 Å². The van der Waals surface area contributed by atoms with E-state index in [4.69, 9.17) is 14.2 Å². The van der Waals surface area contributed by atoms with Crippen molar-refractivity contribution in [1.82, 2.24) is 24.8 Å². The molecule has 12 nitrogen and oxygen atoms in total. The molecule has 2 aliphatic rings. The number of carbonyl (C=O) groups excluding carboxylic acids is 3. The smallest absolute Gasteiger partial charge is 0.412 e. The average Bonchev–Trinajstić information content (AvgIpc) is 3.90. The molecule has 1 saturated heterocycles. The molecule has 14 heteroatoms. The van der Waals surface area contributed by atoms with Gasteiger partial charge < -0.3 is 24.0 Å². The standard InChI is InChI=1S/C41H43FN6O6S/c1-41(2,3)54-40(51)43-28-11-12-32(42)31(22-28)33-24-48(45-44-33)29-14-16-46(17-15-29)38(49)26-8-6-9-27(20-26)39(50)47-18-13-25-21-34(52-4)35(53-5)23-30(25)37(47)36-10-7-19-55-36/h6-12,19-24,29,37H,13-18H2,1-5H3,(H,43,51). The van der Waals surface area contributed by atoms with Gasteiger partial charge in [0, 0.05) is 46.9 Å². The summed E-state index contributed by atoms with van der Waals surface area (Å²) in [6, 6.07) is 18.8. The number of aromatic nitrogens is 3. The molecule has 0 aliphatic carbocycles. The molecule has 7 rings (SSSR count). The molecule has 55 heavy (non-hydrogen) atoms. The van der Waals surface area contributed by atoms with Crippen molar-refractivity contribution in [2.75, 3.05) is 39.2 Å². The number of likely N-dealkylation sites (tertiary alicyclic amines) is 1. The van der Waals surface area contributed by atoms with Crippen molar-refractivity contribution in [3.8, 4) is 22.8 Å². The lowest BCUT2D eigenvalue weighted by atomic mass is 9.90. The molecular weight excluding hydrogens is 724 g/mol. The van der Waals surface area contributed by atoms with Crippen molar-refractivity contribution in [3.05, 3.63) is 111 Å². The summed E-state index contributed by atoms with van der Waals surface area (Å²) in [4.78, 5) is 45.0. The summed E-state index contributed by atoms with van der Waals surface area (Å²) in [5.74, 6) is 0.442. The van der Waals surface area contributed by atoms with Gasteiger partial charge in [-0.15, -0.1) is 16.4 Å². The van der Waals surface area contributed by atoms with Crippen LogP contribution in [-0.4, -0.2) is 82.2 Å². The van der Waals surface area contributed by atoms with E-state index in [1.54, 1.807) is 86.4 Å². The molecule has 2 aromatic heterocycles. The zero-order chi connectivity index (χ0) is 38.9. The lowest BCUT2D eigenvalue weighted by Crippen LogP contribution is -2.41. The normalized spacial score (nSPS) is 16.0. The molecule has 1 fully saturated rings. The summed E-state index contributed by atoms with van der Waals surface area (Å²) >= 11 is 1.59. The van der Waals surface area contributed by atoms with Gasteiger partial charge in [-0.1, -0.05) is 17.3 Å². The molecule has 3 amide bonds. The van der Waals surface area contributed by atoms with Crippen LogP contribution in [0, 0.1) is 5.82 Å². The van der Waals surface area contributed by atoms with Crippen molar-refractivity contribution in [3.63, 3.8) is 0 Å². The van der Waals surface area contributed by atoms with E-state index in [9.17, 15) is 18.8 Å². The second kappa shape index (κ2) is 15.5. The number of thiophene rings is 1. The number of fused-ring (bicyclic) bond motifs is 1. The quantitative estimate of drug-likeness (QED) is 0.170. The third kappa shape index (κ3) is 8.04. The number of ether oxygens (including phenoxy) is 3. The van der Waals surface area contributed by atoms with Crippen LogP contribution in [0.4, 0.5) is 14.9 Å². The average molecular weight is 767 g/mol. The van der Waals surface area contributed by atoms with E-state index in [2.05, 4.69) is 15.6 Å². The highest BCUT2D eigenvalue weighted by Crippen LogP contribution is 2.43. The van der Waals surface area contributed by atoms with Crippen molar-refractivity contribution in [2.45, 2.75) is 57.7 Å². The van der Waals surface area contributed by atoms with Gasteiger partial charge in [0.25, 0.3) is 11.8 Å². The van der Waals surface area contributed by atoms with Crippen molar-refractivity contribution >= 4 is 34.9 Å². The third-order valence-electron chi connectivity index (χ3n) is 9.83. The molecular formula is C41H43FN6O6S. The first kappa shape index (κ1) is 37.6. The summed E-state index contributed by atoms with van der Waals surface area (Å²) in [5, 5.41) is 13.1. The SMILES string of the molecule is COc1cc2c(cc1OC)C(c1cccs1)N(C(=O)c1cccc(C(=O)N3CCC(n4cc(-c5cc(NC(=O)OC(C)(C)C)ccc5F)nn4)CC3)c1)CC2. The van der Waals surface area contributed by atoms with E-state index in [1.165, 1.54) is 18.2 Å². The molecule has 1 unspecified atom stereocenters. The number of piperidine rings is 1. The Balaban J connectivity index is 1.02. The Hall–Kier alpha value is -5.76. The van der Waals surface area contributed by atoms with Crippen LogP contribution >= 0.6 is 11.3 Å². The van der Waals surface area contributed by atoms with Gasteiger partial charge in [0.1, 0.15) is 17.1 Å². The highest BCUT2D eigenvalue weighted by Gasteiger charge is 2.35. The molecule has 2 aliphatic heterocycles. The van der Waals surface area contributed by atoms with Crippen LogP contribution in [0.15, 0.2) is 78.3 Å². The van der Waals surface area contributed by atoms with Gasteiger partial charge in [-0.2, -0.15) is 0 Å². The number of benzene rings is 3. The van der Waals surface area contributed by atoms with Gasteiger partial charge in [0.05, 0.1) is 32.5 Å². The van der Waals surface area contributed by atoms with Crippen LogP contribution < -0.4 is 14.8 Å². The minimum Gasteiger partial charge on any atom is -0.493 e. The Bertz CT molecular complexity index is 2210. The largest absolute Gasteiger partial charge is 0.493 e. The molecule has 0 bridgehead atoms. The second-order valence-electron chi connectivity index (χ2n) is 14.6. The molecule has 3 aromatic carbocycles. The summed E-state index contributed by atoms with van der Waals surface area (Å²) in [5.41, 5.74) is 3.17. The van der Waals surface area contributed by atoms with E-state index in [-0.39, 0.29) is 29.5 Å². The molecule has 0 radical (unpaired) electrons. The zero-order valence-electron chi connectivity index (χ0n) is 31.4. The molecule has 0 saturated carbocycles. The minimum atomic E-state index is -0.680. The predicted molar refractivity (Wildman–Crippen MR) is 206 cm³/mol. The van der Waals surface area contributed by atoms with Gasteiger partial charge in [0.15, 0.2) is 11.5 Å². The summed E-state index contributed by atoms with van der Waals surface area (Å²) < 4.78 is 33.1. The van der Waals surface area contributed by atoms with Crippen LogP contribution in [0.25, 0.3) is 11.3 Å². The molecule has 1 atom stereocenters. The van der Waals surface area contributed by atoms with Crippen LogP contribution in [0.1, 0.15) is 82.4 Å².